The summed E-state index contributed by atoms with van der Waals surface area (Å²) in [7, 11) is 0. The molecule has 1 aromatic heterocycles. The molecule has 2 aromatic rings. The van der Waals surface area contributed by atoms with E-state index in [0.717, 1.165) is 11.1 Å². The van der Waals surface area contributed by atoms with Gasteiger partial charge in [-0.2, -0.15) is 5.26 Å². The molecule has 0 spiro atoms. The van der Waals surface area contributed by atoms with Gasteiger partial charge in [0.15, 0.2) is 0 Å². The first-order valence-electron chi connectivity index (χ1n) is 6.01. The first-order chi connectivity index (χ1) is 9.31. The minimum absolute atomic E-state index is 0.389. The molecular weight excluding hydrogens is 236 g/mol. The van der Waals surface area contributed by atoms with E-state index in [1.807, 2.05) is 49.4 Å². The maximum absolute atomic E-state index is 9.05. The number of benzene rings is 1. The predicted octanol–water partition coefficient (Wildman–Crippen LogP) is 3.35. The zero-order valence-electron chi connectivity index (χ0n) is 10.7. The van der Waals surface area contributed by atoms with Crippen LogP contribution in [0.1, 0.15) is 16.7 Å². The van der Waals surface area contributed by atoms with Crippen molar-refractivity contribution in [3.63, 3.8) is 0 Å². The smallest absolute Gasteiger partial charge is 0.232 e. The van der Waals surface area contributed by atoms with Crippen molar-refractivity contribution in [1.29, 1.82) is 5.26 Å². The Kier molecular flexibility index (Phi) is 4.30. The van der Waals surface area contributed by atoms with E-state index in [0.29, 0.717) is 18.1 Å². The van der Waals surface area contributed by atoms with Gasteiger partial charge in [-0.3, -0.25) is 0 Å². The van der Waals surface area contributed by atoms with Crippen molar-refractivity contribution < 1.29 is 4.74 Å². The van der Waals surface area contributed by atoms with E-state index >= 15 is 0 Å². The van der Waals surface area contributed by atoms with Crippen molar-refractivity contribution in [2.75, 3.05) is 6.61 Å². The Bertz CT molecular complexity index is 612. The Morgan fingerprint density at radius 1 is 1.26 bits per heavy atom. The molecule has 0 atom stereocenters. The van der Waals surface area contributed by atoms with Gasteiger partial charge < -0.3 is 4.74 Å². The van der Waals surface area contributed by atoms with Crippen LogP contribution in [0.4, 0.5) is 0 Å². The average Bonchev–Trinajstić information content (AvgIpc) is 2.45. The first kappa shape index (κ1) is 12.8. The van der Waals surface area contributed by atoms with Gasteiger partial charge in [0.05, 0.1) is 0 Å². The van der Waals surface area contributed by atoms with E-state index in [-0.39, 0.29) is 0 Å². The lowest BCUT2D eigenvalue weighted by Crippen LogP contribution is -1.99. The summed E-state index contributed by atoms with van der Waals surface area (Å²) in [6.45, 7) is 2.26. The Morgan fingerprint density at radius 3 is 2.79 bits per heavy atom. The lowest BCUT2D eigenvalue weighted by Gasteiger charge is -2.05. The van der Waals surface area contributed by atoms with Crippen molar-refractivity contribution >= 4 is 6.08 Å². The van der Waals surface area contributed by atoms with Crippen LogP contribution in [0.5, 0.6) is 5.88 Å². The standard InChI is InChI=1S/C16H14N2O/c1-13-9-10-18-16(15(13)12-17)19-11-5-8-14-6-3-2-4-7-14/h2-10H,11H2,1H3/b8-5+. The van der Waals surface area contributed by atoms with E-state index < -0.39 is 0 Å². The van der Waals surface area contributed by atoms with Crippen molar-refractivity contribution in [2.45, 2.75) is 6.92 Å². The van der Waals surface area contributed by atoms with E-state index in [2.05, 4.69) is 11.1 Å². The molecule has 3 nitrogen and oxygen atoms in total. The molecule has 0 bridgehead atoms. The topological polar surface area (TPSA) is 45.9 Å². The first-order valence-corrected chi connectivity index (χ1v) is 6.01. The second kappa shape index (κ2) is 6.36. The summed E-state index contributed by atoms with van der Waals surface area (Å²) in [6, 6.07) is 13.9. The molecule has 0 aliphatic heterocycles. The molecule has 0 saturated carbocycles. The van der Waals surface area contributed by atoms with Gasteiger partial charge in [0.1, 0.15) is 18.2 Å². The number of pyridine rings is 1. The number of aryl methyl sites for hydroxylation is 1. The number of hydrogen-bond acceptors (Lipinski definition) is 3. The molecule has 1 heterocycles. The van der Waals surface area contributed by atoms with E-state index in [1.54, 1.807) is 12.3 Å². The summed E-state index contributed by atoms with van der Waals surface area (Å²) in [6.07, 6.45) is 5.52. The van der Waals surface area contributed by atoms with Gasteiger partial charge in [0, 0.05) is 6.20 Å². The monoisotopic (exact) mass is 250 g/mol. The van der Waals surface area contributed by atoms with Crippen LogP contribution in [0, 0.1) is 18.3 Å². The van der Waals surface area contributed by atoms with Crippen molar-refractivity contribution in [2.24, 2.45) is 0 Å². The highest BCUT2D eigenvalue weighted by molar-refractivity contribution is 5.49. The Labute approximate surface area is 112 Å². The highest BCUT2D eigenvalue weighted by atomic mass is 16.5. The summed E-state index contributed by atoms with van der Waals surface area (Å²) in [5, 5.41) is 9.05. The van der Waals surface area contributed by atoms with Crippen molar-refractivity contribution in [3.8, 4) is 11.9 Å². The van der Waals surface area contributed by atoms with Crippen LogP contribution in [0.15, 0.2) is 48.7 Å². The number of nitrogens with zero attached hydrogens (tertiary/aromatic N) is 2. The fourth-order valence-corrected chi connectivity index (χ4v) is 1.65. The molecule has 0 fully saturated rings. The van der Waals surface area contributed by atoms with Gasteiger partial charge in [0.25, 0.3) is 0 Å². The van der Waals surface area contributed by atoms with Gasteiger partial charge in [-0.15, -0.1) is 0 Å². The summed E-state index contributed by atoms with van der Waals surface area (Å²) in [5.41, 5.74) is 2.49. The summed E-state index contributed by atoms with van der Waals surface area (Å²) in [4.78, 5) is 4.08. The van der Waals surface area contributed by atoms with Crippen LogP contribution in [0.3, 0.4) is 0 Å². The van der Waals surface area contributed by atoms with Crippen LogP contribution < -0.4 is 4.74 Å². The van der Waals surface area contributed by atoms with Crippen LogP contribution in [0.2, 0.25) is 0 Å². The van der Waals surface area contributed by atoms with E-state index in [9.17, 15) is 0 Å². The zero-order valence-corrected chi connectivity index (χ0v) is 10.7. The van der Waals surface area contributed by atoms with Crippen LogP contribution in [-0.2, 0) is 0 Å². The van der Waals surface area contributed by atoms with Crippen molar-refractivity contribution in [3.05, 3.63) is 65.4 Å². The largest absolute Gasteiger partial charge is 0.472 e. The molecule has 0 aliphatic carbocycles. The maximum Gasteiger partial charge on any atom is 0.232 e. The minimum atomic E-state index is 0.389. The molecule has 0 saturated heterocycles. The van der Waals surface area contributed by atoms with Crippen LogP contribution in [0.25, 0.3) is 6.08 Å². The molecular formula is C16H14N2O. The van der Waals surface area contributed by atoms with Gasteiger partial charge in [-0.1, -0.05) is 36.4 Å². The van der Waals surface area contributed by atoms with Crippen LogP contribution in [-0.4, -0.2) is 11.6 Å². The van der Waals surface area contributed by atoms with E-state index in [1.165, 1.54) is 0 Å². The lowest BCUT2D eigenvalue weighted by atomic mass is 10.2. The highest BCUT2D eigenvalue weighted by Crippen LogP contribution is 2.17. The molecule has 0 amide bonds. The maximum atomic E-state index is 9.05. The lowest BCUT2D eigenvalue weighted by molar-refractivity contribution is 0.347. The quantitative estimate of drug-likeness (QED) is 0.835. The Hall–Kier alpha value is -2.60. The molecule has 3 heteroatoms. The SMILES string of the molecule is Cc1ccnc(OC/C=C/c2ccccc2)c1C#N. The number of rotatable bonds is 4. The molecule has 0 unspecified atom stereocenters. The van der Waals surface area contributed by atoms with Gasteiger partial charge in [0.2, 0.25) is 5.88 Å². The molecule has 0 radical (unpaired) electrons. The molecule has 0 N–H and O–H groups in total. The van der Waals surface area contributed by atoms with Crippen LogP contribution >= 0.6 is 0 Å². The fourth-order valence-electron chi connectivity index (χ4n) is 1.65. The third-order valence-electron chi connectivity index (χ3n) is 2.66. The summed E-state index contributed by atoms with van der Waals surface area (Å²) >= 11 is 0. The Morgan fingerprint density at radius 2 is 2.05 bits per heavy atom. The number of ether oxygens (including phenoxy) is 1. The number of hydrogen-bond donors (Lipinski definition) is 0. The number of nitriles is 1. The fraction of sp³-hybridized carbons (Fsp3) is 0.125. The Balaban J connectivity index is 1.99. The summed E-state index contributed by atoms with van der Waals surface area (Å²) in [5.74, 6) is 0.389. The molecule has 0 aliphatic rings. The minimum Gasteiger partial charge on any atom is -0.472 e. The normalized spacial score (nSPS) is 10.3. The number of aromatic nitrogens is 1. The third-order valence-corrected chi connectivity index (χ3v) is 2.66. The van der Waals surface area contributed by atoms with E-state index in [4.69, 9.17) is 10.00 Å². The third kappa shape index (κ3) is 3.43. The molecule has 19 heavy (non-hydrogen) atoms. The van der Waals surface area contributed by atoms with Crippen molar-refractivity contribution in [1.82, 2.24) is 4.98 Å². The summed E-state index contributed by atoms with van der Waals surface area (Å²) < 4.78 is 5.51. The molecule has 2 rings (SSSR count). The average molecular weight is 250 g/mol. The van der Waals surface area contributed by atoms with Gasteiger partial charge >= 0.3 is 0 Å². The zero-order chi connectivity index (χ0) is 13.5. The predicted molar refractivity (Wildman–Crippen MR) is 74.7 cm³/mol. The molecule has 94 valence electrons. The van der Waals surface area contributed by atoms with Gasteiger partial charge in [-0.05, 0) is 30.2 Å². The highest BCUT2D eigenvalue weighted by Gasteiger charge is 2.06. The molecule has 1 aromatic carbocycles. The second-order valence-corrected chi connectivity index (χ2v) is 4.04. The second-order valence-electron chi connectivity index (χ2n) is 4.04. The van der Waals surface area contributed by atoms with Gasteiger partial charge in [-0.25, -0.2) is 4.98 Å².